The second-order valence-electron chi connectivity index (χ2n) is 5.73. The van der Waals surface area contributed by atoms with Crippen molar-refractivity contribution in [3.05, 3.63) is 17.8 Å². The molecule has 0 N–H and O–H groups in total. The highest BCUT2D eigenvalue weighted by atomic mass is 16.2. The number of likely N-dealkylation sites (tertiary alicyclic amines) is 1. The van der Waals surface area contributed by atoms with Crippen LogP contribution in [-0.2, 0) is 0 Å². The first-order valence-corrected chi connectivity index (χ1v) is 7.62. The number of amides is 1. The molecule has 21 heavy (non-hydrogen) atoms. The number of carbonyl (C=O) groups is 1. The molecule has 1 aromatic rings. The number of hydrogen-bond acceptors (Lipinski definition) is 4. The Balaban J connectivity index is 1.68. The van der Waals surface area contributed by atoms with Crippen molar-refractivity contribution in [1.82, 2.24) is 15.1 Å². The Bertz CT molecular complexity index is 542. The summed E-state index contributed by atoms with van der Waals surface area (Å²) in [5.74, 6) is 3.72. The highest BCUT2D eigenvalue weighted by molar-refractivity contribution is 5.92. The lowest BCUT2D eigenvalue weighted by Gasteiger charge is -2.30. The molecule has 3 rings (SSSR count). The number of aromatic nitrogens is 2. The van der Waals surface area contributed by atoms with Gasteiger partial charge in [0.05, 0.1) is 0 Å². The van der Waals surface area contributed by atoms with Crippen LogP contribution in [0.5, 0.6) is 0 Å². The molecule has 2 saturated heterocycles. The molecular weight excluding hydrogens is 264 g/mol. The zero-order chi connectivity index (χ0) is 14.7. The zero-order valence-electron chi connectivity index (χ0n) is 12.2. The van der Waals surface area contributed by atoms with E-state index in [9.17, 15) is 4.79 Å². The number of nitrogens with zero attached hydrogens (tertiary/aromatic N) is 4. The molecule has 1 amide bonds. The lowest BCUT2D eigenvalue weighted by Crippen LogP contribution is -2.40. The van der Waals surface area contributed by atoms with Gasteiger partial charge in [-0.2, -0.15) is 0 Å². The van der Waals surface area contributed by atoms with Crippen molar-refractivity contribution in [2.24, 2.45) is 5.92 Å². The van der Waals surface area contributed by atoms with Gasteiger partial charge in [-0.1, -0.05) is 0 Å². The number of anilines is 1. The van der Waals surface area contributed by atoms with Gasteiger partial charge in [-0.05, 0) is 37.8 Å². The van der Waals surface area contributed by atoms with Gasteiger partial charge in [-0.15, -0.1) is 22.5 Å². The maximum absolute atomic E-state index is 12.4. The van der Waals surface area contributed by atoms with Gasteiger partial charge < -0.3 is 9.80 Å². The van der Waals surface area contributed by atoms with Crippen molar-refractivity contribution >= 4 is 11.7 Å². The van der Waals surface area contributed by atoms with Gasteiger partial charge >= 0.3 is 0 Å². The first kappa shape index (κ1) is 13.9. The smallest absolute Gasteiger partial charge is 0.274 e. The highest BCUT2D eigenvalue weighted by Gasteiger charge is 2.24. The molecule has 2 aliphatic heterocycles. The minimum atomic E-state index is -0.0598. The largest absolute Gasteiger partial charge is 0.355 e. The zero-order valence-corrected chi connectivity index (χ0v) is 12.2. The van der Waals surface area contributed by atoms with E-state index in [0.29, 0.717) is 12.2 Å². The standard InChI is InChI=1S/C16H20N4O/c1-2-13-6-5-11-20(12-13)16(21)14-7-8-15(18-17-14)19-9-3-4-10-19/h1,7-8,13H,3-6,9-12H2/t13-/m1/s1. The minimum absolute atomic E-state index is 0.0598. The maximum Gasteiger partial charge on any atom is 0.274 e. The first-order chi connectivity index (χ1) is 10.3. The number of carbonyl (C=O) groups excluding carboxylic acids is 1. The molecule has 0 aliphatic carbocycles. The van der Waals surface area contributed by atoms with Crippen LogP contribution in [0.25, 0.3) is 0 Å². The third-order valence-corrected chi connectivity index (χ3v) is 4.24. The molecule has 0 saturated carbocycles. The predicted octanol–water partition coefficient (Wildman–Crippen LogP) is 1.56. The van der Waals surface area contributed by atoms with Crippen molar-refractivity contribution in [2.45, 2.75) is 25.7 Å². The Labute approximate surface area is 125 Å². The van der Waals surface area contributed by atoms with Crippen LogP contribution in [0, 0.1) is 18.3 Å². The average Bonchev–Trinajstić information content (AvgIpc) is 3.09. The van der Waals surface area contributed by atoms with E-state index in [1.807, 2.05) is 6.07 Å². The van der Waals surface area contributed by atoms with E-state index >= 15 is 0 Å². The van der Waals surface area contributed by atoms with E-state index < -0.39 is 0 Å². The van der Waals surface area contributed by atoms with Crippen LogP contribution in [0.3, 0.4) is 0 Å². The minimum Gasteiger partial charge on any atom is -0.355 e. The number of hydrogen-bond donors (Lipinski definition) is 0. The summed E-state index contributed by atoms with van der Waals surface area (Å²) in [6, 6.07) is 3.68. The second-order valence-corrected chi connectivity index (χ2v) is 5.73. The summed E-state index contributed by atoms with van der Waals surface area (Å²) >= 11 is 0. The van der Waals surface area contributed by atoms with Crippen molar-refractivity contribution < 1.29 is 4.79 Å². The van der Waals surface area contributed by atoms with E-state index in [-0.39, 0.29) is 11.8 Å². The molecule has 0 spiro atoms. The van der Waals surface area contributed by atoms with Crippen molar-refractivity contribution in [1.29, 1.82) is 0 Å². The van der Waals surface area contributed by atoms with Gasteiger partial charge in [0, 0.05) is 32.1 Å². The number of rotatable bonds is 2. The van der Waals surface area contributed by atoms with Gasteiger partial charge in [0.2, 0.25) is 0 Å². The summed E-state index contributed by atoms with van der Waals surface area (Å²) in [5.41, 5.74) is 0.413. The molecule has 2 aliphatic rings. The van der Waals surface area contributed by atoms with E-state index in [2.05, 4.69) is 21.0 Å². The third kappa shape index (κ3) is 2.99. The van der Waals surface area contributed by atoms with E-state index in [4.69, 9.17) is 6.42 Å². The van der Waals surface area contributed by atoms with Crippen LogP contribution in [0.1, 0.15) is 36.2 Å². The summed E-state index contributed by atoms with van der Waals surface area (Å²) in [5, 5.41) is 8.32. The number of terminal acetylenes is 1. The summed E-state index contributed by atoms with van der Waals surface area (Å²) in [4.78, 5) is 16.4. The fourth-order valence-electron chi connectivity index (χ4n) is 3.01. The Hall–Kier alpha value is -2.09. The lowest BCUT2D eigenvalue weighted by atomic mass is 9.99. The van der Waals surface area contributed by atoms with Gasteiger partial charge in [-0.3, -0.25) is 4.79 Å². The summed E-state index contributed by atoms with van der Waals surface area (Å²) in [6.45, 7) is 3.44. The molecule has 0 aromatic carbocycles. The first-order valence-electron chi connectivity index (χ1n) is 7.62. The van der Waals surface area contributed by atoms with Gasteiger partial charge in [-0.25, -0.2) is 0 Å². The predicted molar refractivity (Wildman–Crippen MR) is 80.9 cm³/mol. The molecule has 2 fully saturated rings. The summed E-state index contributed by atoms with van der Waals surface area (Å²) < 4.78 is 0. The molecule has 5 nitrogen and oxygen atoms in total. The van der Waals surface area contributed by atoms with Crippen LogP contribution < -0.4 is 4.90 Å². The Morgan fingerprint density at radius 3 is 2.67 bits per heavy atom. The third-order valence-electron chi connectivity index (χ3n) is 4.24. The van der Waals surface area contributed by atoms with Gasteiger partial charge in [0.25, 0.3) is 5.91 Å². The van der Waals surface area contributed by atoms with Gasteiger partial charge in [0.1, 0.15) is 0 Å². The van der Waals surface area contributed by atoms with Crippen LogP contribution in [0.15, 0.2) is 12.1 Å². The Morgan fingerprint density at radius 1 is 1.19 bits per heavy atom. The number of piperidine rings is 1. The van der Waals surface area contributed by atoms with E-state index in [1.165, 1.54) is 12.8 Å². The second kappa shape index (κ2) is 6.13. The van der Waals surface area contributed by atoms with Crippen molar-refractivity contribution in [3.8, 4) is 12.3 Å². The van der Waals surface area contributed by atoms with Crippen LogP contribution in [0.2, 0.25) is 0 Å². The molecule has 110 valence electrons. The fourth-order valence-corrected chi connectivity index (χ4v) is 3.01. The van der Waals surface area contributed by atoms with E-state index in [1.54, 1.807) is 11.0 Å². The molecule has 0 bridgehead atoms. The quantitative estimate of drug-likeness (QED) is 0.773. The highest BCUT2D eigenvalue weighted by Crippen LogP contribution is 2.19. The molecule has 0 unspecified atom stereocenters. The average molecular weight is 284 g/mol. The fraction of sp³-hybridized carbons (Fsp3) is 0.562. The topological polar surface area (TPSA) is 49.3 Å². The van der Waals surface area contributed by atoms with Crippen LogP contribution >= 0.6 is 0 Å². The summed E-state index contributed by atoms with van der Waals surface area (Å²) in [6.07, 6.45) is 9.83. The van der Waals surface area contributed by atoms with Crippen LogP contribution in [0.4, 0.5) is 5.82 Å². The molecule has 3 heterocycles. The normalized spacial score (nSPS) is 22.1. The molecule has 0 radical (unpaired) electrons. The van der Waals surface area contributed by atoms with Gasteiger partial charge in [0.15, 0.2) is 11.5 Å². The SMILES string of the molecule is C#C[C@@H]1CCCN(C(=O)c2ccc(N3CCCC3)nn2)C1. The Morgan fingerprint density at radius 2 is 2.00 bits per heavy atom. The molecule has 1 atom stereocenters. The monoisotopic (exact) mass is 284 g/mol. The van der Waals surface area contributed by atoms with Crippen molar-refractivity contribution in [2.75, 3.05) is 31.1 Å². The lowest BCUT2D eigenvalue weighted by molar-refractivity contribution is 0.0692. The maximum atomic E-state index is 12.4. The van der Waals surface area contributed by atoms with E-state index in [0.717, 1.165) is 38.3 Å². The van der Waals surface area contributed by atoms with Crippen LogP contribution in [-0.4, -0.2) is 47.2 Å². The van der Waals surface area contributed by atoms with Crippen molar-refractivity contribution in [3.63, 3.8) is 0 Å². The Kier molecular flexibility index (Phi) is 4.05. The molecular formula is C16H20N4O. The molecule has 1 aromatic heterocycles. The molecule has 5 heteroatoms. The summed E-state index contributed by atoms with van der Waals surface area (Å²) in [7, 11) is 0.